The van der Waals surface area contributed by atoms with E-state index in [0.29, 0.717) is 11.2 Å². The average molecular weight is 313 g/mol. The van der Waals surface area contributed by atoms with Gasteiger partial charge in [-0.05, 0) is 47.8 Å². The van der Waals surface area contributed by atoms with E-state index in [1.165, 1.54) is 30.0 Å². The van der Waals surface area contributed by atoms with E-state index < -0.39 is 8.07 Å². The molecule has 2 atom stereocenters. The van der Waals surface area contributed by atoms with Crippen LogP contribution in [0.15, 0.2) is 41.1 Å². The van der Waals surface area contributed by atoms with Gasteiger partial charge in [0.05, 0.1) is 8.07 Å². The lowest BCUT2D eigenvalue weighted by molar-refractivity contribution is -0.117. The molecule has 22 heavy (non-hydrogen) atoms. The van der Waals surface area contributed by atoms with Gasteiger partial charge < -0.3 is 0 Å². The molecule has 0 radical (unpaired) electrons. The molecule has 0 amide bonds. The smallest absolute Gasteiger partial charge is 0.154 e. The van der Waals surface area contributed by atoms with Crippen LogP contribution in [0.3, 0.4) is 0 Å². The molecule has 1 nitrogen and oxygen atoms in total. The van der Waals surface area contributed by atoms with Crippen molar-refractivity contribution in [3.05, 3.63) is 46.7 Å². The number of carbonyl (C=O) groups excluding carboxylic acids is 1. The van der Waals surface area contributed by atoms with Crippen LogP contribution in [0.5, 0.6) is 0 Å². The highest BCUT2D eigenvalue weighted by Gasteiger charge is 2.52. The summed E-state index contributed by atoms with van der Waals surface area (Å²) in [4.78, 5) is 12.4. The van der Waals surface area contributed by atoms with Crippen molar-refractivity contribution in [2.24, 2.45) is 11.3 Å². The lowest BCUT2D eigenvalue weighted by Gasteiger charge is -2.55. The van der Waals surface area contributed by atoms with E-state index in [0.717, 1.165) is 18.8 Å². The van der Waals surface area contributed by atoms with E-state index in [1.807, 2.05) is 0 Å². The highest BCUT2D eigenvalue weighted by molar-refractivity contribution is 6.87. The van der Waals surface area contributed by atoms with Crippen molar-refractivity contribution in [2.45, 2.75) is 58.7 Å². The highest BCUT2D eigenvalue weighted by atomic mass is 28.3. The number of fused-ring (bicyclic) bond motifs is 1. The molecule has 0 unspecified atom stereocenters. The molecule has 3 rings (SSSR count). The summed E-state index contributed by atoms with van der Waals surface area (Å²) in [6.45, 7) is 9.41. The molecule has 1 aromatic carbocycles. The minimum absolute atomic E-state index is 0.318. The first-order valence-corrected chi connectivity index (χ1v) is 12.1. The van der Waals surface area contributed by atoms with Crippen LogP contribution >= 0.6 is 0 Å². The van der Waals surface area contributed by atoms with Gasteiger partial charge >= 0.3 is 0 Å². The lowest BCUT2D eigenvalue weighted by Crippen LogP contribution is -2.49. The van der Waals surface area contributed by atoms with E-state index in [9.17, 15) is 4.79 Å². The molecule has 1 fully saturated rings. The van der Waals surface area contributed by atoms with Crippen molar-refractivity contribution in [3.63, 3.8) is 0 Å². The van der Waals surface area contributed by atoms with Gasteiger partial charge in [-0.2, -0.15) is 0 Å². The maximum atomic E-state index is 12.4. The Bertz CT molecular complexity index is 608. The number of hydrogen-bond acceptors (Lipinski definition) is 1. The zero-order valence-corrected chi connectivity index (χ0v) is 15.4. The van der Waals surface area contributed by atoms with Crippen LogP contribution in [0.25, 0.3) is 0 Å². The number of Topliss-reactive ketones (excluding diaryl/α,β-unsaturated/α-hetero) is 1. The second kappa shape index (κ2) is 5.49. The van der Waals surface area contributed by atoms with Gasteiger partial charge in [-0.25, -0.2) is 0 Å². The normalized spacial score (nSPS) is 28.4. The zero-order chi connectivity index (χ0) is 16.0. The lowest BCUT2D eigenvalue weighted by atomic mass is 9.52. The largest absolute Gasteiger partial charge is 0.295 e. The molecule has 0 bridgehead atoms. The van der Waals surface area contributed by atoms with E-state index >= 15 is 0 Å². The molecule has 0 N–H and O–H groups in total. The Morgan fingerprint density at radius 1 is 1.18 bits per heavy atom. The van der Waals surface area contributed by atoms with Crippen LogP contribution in [-0.4, -0.2) is 13.9 Å². The van der Waals surface area contributed by atoms with Crippen molar-refractivity contribution < 1.29 is 4.79 Å². The van der Waals surface area contributed by atoms with Crippen molar-refractivity contribution in [1.29, 1.82) is 0 Å². The Labute approximate surface area is 135 Å². The summed E-state index contributed by atoms with van der Waals surface area (Å²) >= 11 is 0. The second-order valence-electron chi connectivity index (χ2n) is 8.37. The van der Waals surface area contributed by atoms with Gasteiger partial charge in [0.25, 0.3) is 0 Å². The Balaban J connectivity index is 1.77. The van der Waals surface area contributed by atoms with E-state index in [1.54, 1.807) is 5.57 Å². The van der Waals surface area contributed by atoms with Gasteiger partial charge in [-0.15, -0.1) is 0 Å². The van der Waals surface area contributed by atoms with Gasteiger partial charge in [-0.1, -0.05) is 62.5 Å². The standard InChI is InChI=1S/C20H28OSi/c1-20-13-12-18(21)19(22(2,3)4)17(20)14-16(20)11-10-15-8-6-5-7-9-15/h5-9,16H,10-14H2,1-4H3/t16-,20+/m0/s1. The average Bonchev–Trinajstić information content (AvgIpc) is 2.45. The number of ketones is 1. The molecule has 0 spiro atoms. The Kier molecular flexibility index (Phi) is 3.92. The quantitative estimate of drug-likeness (QED) is 0.700. The number of carbonyl (C=O) groups is 1. The highest BCUT2D eigenvalue weighted by Crippen LogP contribution is 2.60. The molecule has 0 heterocycles. The summed E-state index contributed by atoms with van der Waals surface area (Å²) in [5, 5.41) is 1.29. The van der Waals surface area contributed by atoms with Gasteiger partial charge in [0.15, 0.2) is 5.78 Å². The van der Waals surface area contributed by atoms with Gasteiger partial charge in [0.1, 0.15) is 0 Å². The third-order valence-electron chi connectivity index (χ3n) is 5.87. The predicted octanol–water partition coefficient (Wildman–Crippen LogP) is 5.18. The molecule has 2 aliphatic rings. The molecule has 2 heteroatoms. The fourth-order valence-corrected chi connectivity index (χ4v) is 6.76. The first kappa shape index (κ1) is 15.7. The Morgan fingerprint density at radius 2 is 1.86 bits per heavy atom. The number of hydrogen-bond donors (Lipinski definition) is 0. The number of rotatable bonds is 4. The molecule has 2 aliphatic carbocycles. The molecule has 0 aliphatic heterocycles. The topological polar surface area (TPSA) is 17.1 Å². The minimum Gasteiger partial charge on any atom is -0.295 e. The fraction of sp³-hybridized carbons (Fsp3) is 0.550. The van der Waals surface area contributed by atoms with E-state index in [4.69, 9.17) is 0 Å². The maximum Gasteiger partial charge on any atom is 0.154 e. The molecule has 118 valence electrons. The third kappa shape index (κ3) is 2.62. The number of allylic oxidation sites excluding steroid dienone is 2. The minimum atomic E-state index is -1.51. The van der Waals surface area contributed by atoms with Crippen LogP contribution in [-0.2, 0) is 11.2 Å². The van der Waals surface area contributed by atoms with Crippen molar-refractivity contribution >= 4 is 13.9 Å². The maximum absolute atomic E-state index is 12.4. The molecule has 1 saturated carbocycles. The van der Waals surface area contributed by atoms with Crippen LogP contribution in [0.2, 0.25) is 19.6 Å². The van der Waals surface area contributed by atoms with Crippen molar-refractivity contribution in [1.82, 2.24) is 0 Å². The first-order chi connectivity index (χ1) is 10.3. The SMILES string of the molecule is C[C@]12CCC(=O)C([Si](C)(C)C)=C1C[C@@H]2CCc1ccccc1. The van der Waals surface area contributed by atoms with Crippen LogP contribution < -0.4 is 0 Å². The number of benzene rings is 1. The summed E-state index contributed by atoms with van der Waals surface area (Å²) < 4.78 is 0. The van der Waals surface area contributed by atoms with Gasteiger partial charge in [0.2, 0.25) is 0 Å². The Morgan fingerprint density at radius 3 is 2.50 bits per heavy atom. The molecule has 1 aromatic rings. The van der Waals surface area contributed by atoms with E-state index in [-0.39, 0.29) is 0 Å². The molecule has 0 saturated heterocycles. The molecule has 0 aromatic heterocycles. The molecular weight excluding hydrogens is 284 g/mol. The second-order valence-corrected chi connectivity index (χ2v) is 13.4. The summed E-state index contributed by atoms with van der Waals surface area (Å²) in [6.07, 6.45) is 5.46. The summed E-state index contributed by atoms with van der Waals surface area (Å²) in [6, 6.07) is 10.8. The van der Waals surface area contributed by atoms with Crippen molar-refractivity contribution in [2.75, 3.05) is 0 Å². The van der Waals surface area contributed by atoms with E-state index in [2.05, 4.69) is 56.9 Å². The number of aryl methyl sites for hydroxylation is 1. The zero-order valence-electron chi connectivity index (χ0n) is 14.4. The van der Waals surface area contributed by atoms with Crippen LogP contribution in [0.4, 0.5) is 0 Å². The van der Waals surface area contributed by atoms with Crippen LogP contribution in [0.1, 0.15) is 38.2 Å². The predicted molar refractivity (Wildman–Crippen MR) is 95.6 cm³/mol. The van der Waals surface area contributed by atoms with Crippen LogP contribution in [0, 0.1) is 11.3 Å². The summed E-state index contributed by atoms with van der Waals surface area (Å²) in [5.74, 6) is 1.23. The van der Waals surface area contributed by atoms with Gasteiger partial charge in [-0.3, -0.25) is 4.79 Å². The van der Waals surface area contributed by atoms with Gasteiger partial charge in [0, 0.05) is 6.42 Å². The first-order valence-electron chi connectivity index (χ1n) is 8.63. The van der Waals surface area contributed by atoms with Crippen molar-refractivity contribution in [3.8, 4) is 0 Å². The summed E-state index contributed by atoms with van der Waals surface area (Å²) in [7, 11) is -1.51. The monoisotopic (exact) mass is 312 g/mol. The fourth-order valence-electron chi connectivity index (χ4n) is 4.51. The third-order valence-corrected chi connectivity index (χ3v) is 7.95. The molecular formula is C20H28OSi. The Hall–Kier alpha value is -1.15. The summed E-state index contributed by atoms with van der Waals surface area (Å²) in [5.41, 5.74) is 3.31.